The fourth-order valence-electron chi connectivity index (χ4n) is 1.62. The monoisotopic (exact) mass is 204 g/mol. The maximum absolute atomic E-state index is 10.3. The van der Waals surface area contributed by atoms with Gasteiger partial charge in [-0.05, 0) is 36.6 Å². The molecule has 1 aromatic carbocycles. The van der Waals surface area contributed by atoms with Crippen LogP contribution >= 0.6 is 0 Å². The number of carboxylic acids is 1. The van der Waals surface area contributed by atoms with Crippen LogP contribution in [0.15, 0.2) is 34.9 Å². The second-order valence-electron chi connectivity index (χ2n) is 3.54. The second kappa shape index (κ2) is 4.17. The van der Waals surface area contributed by atoms with Crippen molar-refractivity contribution in [2.45, 2.75) is 19.3 Å². The molecule has 0 aliphatic rings. The fraction of sp³-hybridized carbons (Fsp3) is 0.250. The van der Waals surface area contributed by atoms with Crippen molar-refractivity contribution >= 4 is 16.9 Å². The zero-order valence-electron chi connectivity index (χ0n) is 8.27. The van der Waals surface area contributed by atoms with E-state index in [2.05, 4.69) is 0 Å². The van der Waals surface area contributed by atoms with Gasteiger partial charge in [-0.2, -0.15) is 0 Å². The molecule has 0 atom stereocenters. The van der Waals surface area contributed by atoms with E-state index in [1.54, 1.807) is 6.26 Å². The van der Waals surface area contributed by atoms with Crippen molar-refractivity contribution in [3.05, 3.63) is 36.1 Å². The van der Waals surface area contributed by atoms with Crippen molar-refractivity contribution in [3.8, 4) is 0 Å². The number of fused-ring (bicyclic) bond motifs is 1. The summed E-state index contributed by atoms with van der Waals surface area (Å²) < 4.78 is 5.22. The molecular formula is C12H12O3. The third-order valence-electron chi connectivity index (χ3n) is 2.37. The van der Waals surface area contributed by atoms with Crippen molar-refractivity contribution in [2.75, 3.05) is 0 Å². The fourth-order valence-corrected chi connectivity index (χ4v) is 1.62. The number of benzene rings is 1. The Bertz CT molecular complexity index is 470. The largest absolute Gasteiger partial charge is 0.481 e. The van der Waals surface area contributed by atoms with Crippen LogP contribution in [0.5, 0.6) is 0 Å². The lowest BCUT2D eigenvalue weighted by Gasteiger charge is -1.99. The number of carboxylic acid groups (broad SMARTS) is 1. The Morgan fingerprint density at radius 2 is 2.20 bits per heavy atom. The molecule has 1 heterocycles. The van der Waals surface area contributed by atoms with Gasteiger partial charge in [-0.25, -0.2) is 0 Å². The van der Waals surface area contributed by atoms with E-state index in [9.17, 15) is 4.79 Å². The lowest BCUT2D eigenvalue weighted by Crippen LogP contribution is -1.95. The standard InChI is InChI=1S/C12H12O3/c13-12(14)3-1-2-9-4-5-11-10(8-9)6-7-15-11/h4-8H,1-3H2,(H,13,14). The normalized spacial score (nSPS) is 10.7. The number of hydrogen-bond acceptors (Lipinski definition) is 2. The Morgan fingerprint density at radius 3 is 3.00 bits per heavy atom. The van der Waals surface area contributed by atoms with Gasteiger partial charge in [0.25, 0.3) is 0 Å². The molecule has 2 aromatic rings. The molecular weight excluding hydrogens is 192 g/mol. The van der Waals surface area contributed by atoms with Crippen LogP contribution in [-0.2, 0) is 11.2 Å². The van der Waals surface area contributed by atoms with Crippen LogP contribution in [0.1, 0.15) is 18.4 Å². The van der Waals surface area contributed by atoms with Crippen molar-refractivity contribution in [3.63, 3.8) is 0 Å². The van der Waals surface area contributed by atoms with Crippen molar-refractivity contribution in [1.29, 1.82) is 0 Å². The van der Waals surface area contributed by atoms with Crippen LogP contribution < -0.4 is 0 Å². The first-order valence-corrected chi connectivity index (χ1v) is 4.93. The lowest BCUT2D eigenvalue weighted by molar-refractivity contribution is -0.137. The summed E-state index contributed by atoms with van der Waals surface area (Å²) in [5, 5.41) is 9.59. The third kappa shape index (κ3) is 2.37. The molecule has 1 N–H and O–H groups in total. The summed E-state index contributed by atoms with van der Waals surface area (Å²) in [6.45, 7) is 0. The van der Waals surface area contributed by atoms with Crippen molar-refractivity contribution in [2.24, 2.45) is 0 Å². The van der Waals surface area contributed by atoms with E-state index in [0.29, 0.717) is 6.42 Å². The van der Waals surface area contributed by atoms with Gasteiger partial charge < -0.3 is 9.52 Å². The van der Waals surface area contributed by atoms with E-state index in [1.165, 1.54) is 0 Å². The predicted molar refractivity (Wildman–Crippen MR) is 56.8 cm³/mol. The first kappa shape index (κ1) is 9.77. The minimum atomic E-state index is -0.737. The maximum atomic E-state index is 10.3. The zero-order chi connectivity index (χ0) is 10.7. The molecule has 3 heteroatoms. The summed E-state index contributed by atoms with van der Waals surface area (Å²) in [5.74, 6) is -0.737. The molecule has 0 fully saturated rings. The van der Waals surface area contributed by atoms with E-state index in [1.807, 2.05) is 24.3 Å². The second-order valence-corrected chi connectivity index (χ2v) is 3.54. The SMILES string of the molecule is O=C(O)CCCc1ccc2occc2c1. The summed E-state index contributed by atoms with van der Waals surface area (Å²) in [4.78, 5) is 10.3. The van der Waals surface area contributed by atoms with E-state index in [4.69, 9.17) is 9.52 Å². The average molecular weight is 204 g/mol. The molecule has 0 bridgehead atoms. The summed E-state index contributed by atoms with van der Waals surface area (Å²) in [6, 6.07) is 7.86. The Morgan fingerprint density at radius 1 is 1.33 bits per heavy atom. The number of carbonyl (C=O) groups is 1. The van der Waals surface area contributed by atoms with Crippen LogP contribution in [0.25, 0.3) is 11.0 Å². The molecule has 0 radical (unpaired) electrons. The van der Waals surface area contributed by atoms with Gasteiger partial charge in [0, 0.05) is 11.8 Å². The van der Waals surface area contributed by atoms with Crippen LogP contribution in [-0.4, -0.2) is 11.1 Å². The first-order valence-electron chi connectivity index (χ1n) is 4.93. The molecule has 3 nitrogen and oxygen atoms in total. The Kier molecular flexibility index (Phi) is 2.72. The highest BCUT2D eigenvalue weighted by molar-refractivity contribution is 5.77. The quantitative estimate of drug-likeness (QED) is 0.833. The zero-order valence-corrected chi connectivity index (χ0v) is 8.27. The van der Waals surface area contributed by atoms with Gasteiger partial charge in [0.05, 0.1) is 6.26 Å². The highest BCUT2D eigenvalue weighted by Gasteiger charge is 2.01. The van der Waals surface area contributed by atoms with Crippen LogP contribution in [0.2, 0.25) is 0 Å². The predicted octanol–water partition coefficient (Wildman–Crippen LogP) is 2.84. The smallest absolute Gasteiger partial charge is 0.303 e. The van der Waals surface area contributed by atoms with E-state index in [-0.39, 0.29) is 6.42 Å². The minimum Gasteiger partial charge on any atom is -0.481 e. The highest BCUT2D eigenvalue weighted by Crippen LogP contribution is 2.18. The molecule has 15 heavy (non-hydrogen) atoms. The van der Waals surface area contributed by atoms with E-state index < -0.39 is 5.97 Å². The molecule has 1 aromatic heterocycles. The lowest BCUT2D eigenvalue weighted by atomic mass is 10.1. The summed E-state index contributed by atoms with van der Waals surface area (Å²) in [5.41, 5.74) is 2.03. The first-order chi connectivity index (χ1) is 7.25. The van der Waals surface area contributed by atoms with Crippen molar-refractivity contribution < 1.29 is 14.3 Å². The van der Waals surface area contributed by atoms with Gasteiger partial charge >= 0.3 is 5.97 Å². The number of aryl methyl sites for hydroxylation is 1. The molecule has 0 unspecified atom stereocenters. The third-order valence-corrected chi connectivity index (χ3v) is 2.37. The highest BCUT2D eigenvalue weighted by atomic mass is 16.4. The van der Waals surface area contributed by atoms with Gasteiger partial charge in [0.2, 0.25) is 0 Å². The van der Waals surface area contributed by atoms with Crippen LogP contribution in [0.3, 0.4) is 0 Å². The molecule has 0 spiro atoms. The number of aliphatic carboxylic acids is 1. The van der Waals surface area contributed by atoms with Crippen molar-refractivity contribution in [1.82, 2.24) is 0 Å². The summed E-state index contributed by atoms with van der Waals surface area (Å²) in [7, 11) is 0. The minimum absolute atomic E-state index is 0.226. The molecule has 0 aliphatic heterocycles. The number of furan rings is 1. The van der Waals surface area contributed by atoms with Gasteiger partial charge in [-0.3, -0.25) is 4.79 Å². The summed E-state index contributed by atoms with van der Waals surface area (Å²) in [6.07, 6.45) is 3.36. The average Bonchev–Trinajstić information content (AvgIpc) is 2.64. The van der Waals surface area contributed by atoms with E-state index in [0.717, 1.165) is 23.0 Å². The Balaban J connectivity index is 2.04. The molecule has 0 saturated heterocycles. The molecule has 78 valence electrons. The molecule has 0 amide bonds. The topological polar surface area (TPSA) is 50.4 Å². The summed E-state index contributed by atoms with van der Waals surface area (Å²) >= 11 is 0. The van der Waals surface area contributed by atoms with Crippen LogP contribution in [0, 0.1) is 0 Å². The number of rotatable bonds is 4. The molecule has 2 rings (SSSR count). The van der Waals surface area contributed by atoms with Gasteiger partial charge in [-0.1, -0.05) is 6.07 Å². The Hall–Kier alpha value is -1.77. The molecule has 0 aliphatic carbocycles. The Labute approximate surface area is 87.3 Å². The van der Waals surface area contributed by atoms with Gasteiger partial charge in [0.1, 0.15) is 5.58 Å². The van der Waals surface area contributed by atoms with E-state index >= 15 is 0 Å². The maximum Gasteiger partial charge on any atom is 0.303 e. The van der Waals surface area contributed by atoms with Gasteiger partial charge in [0.15, 0.2) is 0 Å². The number of hydrogen-bond donors (Lipinski definition) is 1. The molecule has 0 saturated carbocycles. The van der Waals surface area contributed by atoms with Gasteiger partial charge in [-0.15, -0.1) is 0 Å². The van der Waals surface area contributed by atoms with Crippen LogP contribution in [0.4, 0.5) is 0 Å².